The molecule has 0 saturated carbocycles. The maximum Gasteiger partial charge on any atom is 0.253 e. The lowest BCUT2D eigenvalue weighted by atomic mass is 10.00. The number of benzene rings is 1. The zero-order valence-electron chi connectivity index (χ0n) is 19.4. The summed E-state index contributed by atoms with van der Waals surface area (Å²) >= 11 is 0.0739. The van der Waals surface area contributed by atoms with E-state index in [4.69, 9.17) is 0 Å². The van der Waals surface area contributed by atoms with Crippen molar-refractivity contribution in [1.29, 1.82) is 0 Å². The molecule has 8 nitrogen and oxygen atoms in total. The first kappa shape index (κ1) is 24.6. The summed E-state index contributed by atoms with van der Waals surface area (Å²) in [5, 5.41) is 7.62. The number of aliphatic imine (C=N–C) groups is 1. The quantitative estimate of drug-likeness (QED) is 0.465. The standard InChI is InChI=1S/C25H25N5O3S2/c1-17-5-3-6-18(9-11-26-17)19-7-4-8-20(13-19)22-16-34-25(28-22)29-23(31)14-27-24(32)21-10-12-30(15-21)35(2)33/h4,6-13,15-16H,3,5,14H2,1-2H3,(H,27,32)(H,28,29,31)/b11-9-,18-6+,26-17-. The fourth-order valence-electron chi connectivity index (χ4n) is 3.45. The zero-order chi connectivity index (χ0) is 24.8. The van der Waals surface area contributed by atoms with Gasteiger partial charge < -0.3 is 15.2 Å². The van der Waals surface area contributed by atoms with Gasteiger partial charge in [0.1, 0.15) is 6.26 Å². The summed E-state index contributed by atoms with van der Waals surface area (Å²) in [7, 11) is 0. The topological polar surface area (TPSA) is 111 Å². The van der Waals surface area contributed by atoms with Gasteiger partial charge in [-0.2, -0.15) is 3.97 Å². The Bertz CT molecular complexity index is 1320. The summed E-state index contributed by atoms with van der Waals surface area (Å²) in [6.45, 7) is 1.83. The molecule has 0 saturated heterocycles. The van der Waals surface area contributed by atoms with Crippen LogP contribution in [0.1, 0.15) is 35.7 Å². The van der Waals surface area contributed by atoms with Crippen molar-refractivity contribution in [3.63, 3.8) is 0 Å². The van der Waals surface area contributed by atoms with E-state index in [9.17, 15) is 14.1 Å². The average Bonchev–Trinajstić information content (AvgIpc) is 3.50. The molecule has 2 aromatic heterocycles. The minimum absolute atomic E-state index is 0.202. The van der Waals surface area contributed by atoms with Crippen molar-refractivity contribution in [1.82, 2.24) is 14.3 Å². The van der Waals surface area contributed by atoms with Gasteiger partial charge in [-0.1, -0.05) is 24.3 Å². The Morgan fingerprint density at radius 2 is 2.09 bits per heavy atom. The van der Waals surface area contributed by atoms with Crippen LogP contribution in [0.2, 0.25) is 0 Å². The third kappa shape index (κ3) is 6.56. The molecule has 10 heteroatoms. The Kier molecular flexibility index (Phi) is 7.96. The van der Waals surface area contributed by atoms with E-state index in [1.54, 1.807) is 12.3 Å². The van der Waals surface area contributed by atoms with Gasteiger partial charge in [-0.05, 0) is 49.1 Å². The lowest BCUT2D eigenvalue weighted by molar-refractivity contribution is -0.115. The predicted molar refractivity (Wildman–Crippen MR) is 142 cm³/mol. The average molecular weight is 508 g/mol. The van der Waals surface area contributed by atoms with E-state index in [1.807, 2.05) is 36.7 Å². The number of nitrogens with one attached hydrogen (secondary N) is 2. The number of nitrogens with zero attached hydrogens (tertiary/aromatic N) is 3. The van der Waals surface area contributed by atoms with Crippen LogP contribution in [0.4, 0.5) is 5.13 Å². The van der Waals surface area contributed by atoms with Crippen LogP contribution in [-0.4, -0.2) is 43.8 Å². The first-order valence-electron chi connectivity index (χ1n) is 11.0. The number of rotatable bonds is 7. The minimum Gasteiger partial charge on any atom is -0.593 e. The summed E-state index contributed by atoms with van der Waals surface area (Å²) in [6.07, 6.45) is 12.5. The van der Waals surface area contributed by atoms with Crippen molar-refractivity contribution < 1.29 is 14.1 Å². The van der Waals surface area contributed by atoms with Crippen LogP contribution in [0.3, 0.4) is 0 Å². The van der Waals surface area contributed by atoms with E-state index >= 15 is 0 Å². The fraction of sp³-hybridized carbons (Fsp3) is 0.200. The summed E-state index contributed by atoms with van der Waals surface area (Å²) in [6, 6.07) is 9.65. The number of amides is 2. The van der Waals surface area contributed by atoms with Gasteiger partial charge >= 0.3 is 0 Å². The lowest BCUT2D eigenvalue weighted by Crippen LogP contribution is -2.32. The second-order valence-electron chi connectivity index (χ2n) is 7.91. The molecule has 1 atom stereocenters. The van der Waals surface area contributed by atoms with Gasteiger partial charge in [-0.3, -0.25) is 14.6 Å². The smallest absolute Gasteiger partial charge is 0.253 e. The fourth-order valence-corrected chi connectivity index (χ4v) is 4.68. The van der Waals surface area contributed by atoms with Gasteiger partial charge in [0.25, 0.3) is 5.91 Å². The van der Waals surface area contributed by atoms with Gasteiger partial charge in [0.15, 0.2) is 5.13 Å². The molecule has 1 aliphatic heterocycles. The normalized spacial score (nSPS) is 18.3. The van der Waals surface area contributed by atoms with Gasteiger partial charge in [-0.15, -0.1) is 11.3 Å². The van der Waals surface area contributed by atoms with Crippen molar-refractivity contribution >= 4 is 50.9 Å². The number of allylic oxidation sites excluding steroid dienone is 3. The Morgan fingerprint density at radius 1 is 1.26 bits per heavy atom. The van der Waals surface area contributed by atoms with Gasteiger partial charge in [0, 0.05) is 22.9 Å². The molecule has 35 heavy (non-hydrogen) atoms. The zero-order valence-corrected chi connectivity index (χ0v) is 21.0. The van der Waals surface area contributed by atoms with E-state index in [0.29, 0.717) is 10.7 Å². The first-order chi connectivity index (χ1) is 16.9. The van der Waals surface area contributed by atoms with Crippen LogP contribution in [0.5, 0.6) is 0 Å². The first-order valence-corrected chi connectivity index (χ1v) is 13.3. The Labute approximate surface area is 210 Å². The molecule has 3 aromatic rings. The third-order valence-electron chi connectivity index (χ3n) is 5.30. The maximum absolute atomic E-state index is 12.3. The lowest BCUT2D eigenvalue weighted by Gasteiger charge is -2.07. The van der Waals surface area contributed by atoms with Crippen molar-refractivity contribution in [3.8, 4) is 11.3 Å². The molecule has 0 radical (unpaired) electrons. The highest BCUT2D eigenvalue weighted by Crippen LogP contribution is 2.28. The minimum atomic E-state index is -1.24. The molecule has 2 N–H and O–H groups in total. The van der Waals surface area contributed by atoms with Crippen molar-refractivity contribution in [3.05, 3.63) is 77.6 Å². The molecule has 0 spiro atoms. The highest BCUT2D eigenvalue weighted by atomic mass is 32.2. The van der Waals surface area contributed by atoms with Crippen molar-refractivity contribution in [2.24, 2.45) is 4.99 Å². The van der Waals surface area contributed by atoms with Gasteiger partial charge in [0.05, 0.1) is 41.6 Å². The van der Waals surface area contributed by atoms with E-state index < -0.39 is 17.3 Å². The molecule has 3 heterocycles. The van der Waals surface area contributed by atoms with Crippen LogP contribution in [0.25, 0.3) is 16.8 Å². The SMILES string of the molecule is C/C1=N/C=C\C(c2cccc(-c3csc(NC(=O)CNC(=O)c4ccn([S+](C)[O-])c4)n3)c2)=C/CC1. The van der Waals surface area contributed by atoms with Gasteiger partial charge in [0.2, 0.25) is 5.91 Å². The number of hydrogen-bond acceptors (Lipinski definition) is 6. The van der Waals surface area contributed by atoms with Crippen molar-refractivity contribution in [2.45, 2.75) is 19.8 Å². The molecule has 0 bridgehead atoms. The maximum atomic E-state index is 12.3. The molecule has 0 fully saturated rings. The number of thiazole rings is 1. The van der Waals surface area contributed by atoms with Crippen LogP contribution in [0, 0.1) is 0 Å². The van der Waals surface area contributed by atoms with E-state index in [2.05, 4.69) is 38.8 Å². The highest BCUT2D eigenvalue weighted by molar-refractivity contribution is 7.89. The second-order valence-corrected chi connectivity index (χ2v) is 10.0. The van der Waals surface area contributed by atoms with Gasteiger partial charge in [-0.25, -0.2) is 4.98 Å². The summed E-state index contributed by atoms with van der Waals surface area (Å²) in [5.74, 6) is -0.799. The summed E-state index contributed by atoms with van der Waals surface area (Å²) in [5.41, 5.74) is 5.35. The number of carbonyl (C=O) groups is 2. The third-order valence-corrected chi connectivity index (χ3v) is 6.88. The molecular formula is C25H25N5O3S2. The number of carbonyl (C=O) groups excluding carboxylic acids is 2. The van der Waals surface area contributed by atoms with E-state index in [1.165, 1.54) is 27.8 Å². The molecule has 1 aliphatic rings. The predicted octanol–water partition coefficient (Wildman–Crippen LogP) is 4.27. The molecule has 1 unspecified atom stereocenters. The van der Waals surface area contributed by atoms with Crippen LogP contribution < -0.4 is 10.6 Å². The summed E-state index contributed by atoms with van der Waals surface area (Å²) < 4.78 is 12.9. The number of aromatic nitrogens is 2. The Hall–Kier alpha value is -3.47. The van der Waals surface area contributed by atoms with E-state index in [-0.39, 0.29) is 12.5 Å². The second kappa shape index (κ2) is 11.3. The van der Waals surface area contributed by atoms with Crippen LogP contribution in [0.15, 0.2) is 71.4 Å². The Balaban J connectivity index is 1.36. The molecule has 4 rings (SSSR count). The largest absolute Gasteiger partial charge is 0.593 e. The van der Waals surface area contributed by atoms with Crippen molar-refractivity contribution in [2.75, 3.05) is 18.1 Å². The molecular weight excluding hydrogens is 482 g/mol. The van der Waals surface area contributed by atoms with Crippen LogP contribution in [-0.2, 0) is 16.2 Å². The Morgan fingerprint density at radius 3 is 2.89 bits per heavy atom. The monoisotopic (exact) mass is 507 g/mol. The number of anilines is 1. The highest BCUT2D eigenvalue weighted by Gasteiger charge is 2.14. The summed E-state index contributed by atoms with van der Waals surface area (Å²) in [4.78, 5) is 33.5. The molecule has 0 aliphatic carbocycles. The molecule has 180 valence electrons. The van der Waals surface area contributed by atoms with E-state index in [0.717, 1.165) is 40.9 Å². The number of hydrogen-bond donors (Lipinski definition) is 2. The van der Waals surface area contributed by atoms with Crippen LogP contribution >= 0.6 is 11.3 Å². The molecule has 1 aromatic carbocycles. The molecule has 2 amide bonds.